The predicted molar refractivity (Wildman–Crippen MR) is 111 cm³/mol. The number of hydrogen-bond acceptors (Lipinski definition) is 2. The van der Waals surface area contributed by atoms with Crippen molar-refractivity contribution >= 4 is 0 Å². The van der Waals surface area contributed by atoms with E-state index in [0.717, 1.165) is 38.3 Å². The first-order valence-electron chi connectivity index (χ1n) is 11.3. The summed E-state index contributed by atoms with van der Waals surface area (Å²) in [6.07, 6.45) is 13.1. The van der Waals surface area contributed by atoms with E-state index in [1.54, 1.807) is 0 Å². The van der Waals surface area contributed by atoms with Gasteiger partial charge in [-0.3, -0.25) is 0 Å². The smallest absolute Gasteiger partial charge is 0.0544 e. The molecule has 0 aromatic rings. The lowest BCUT2D eigenvalue weighted by atomic mass is 9.71. The molecule has 0 fully saturated rings. The molecular weight excluding hydrogens is 308 g/mol. The van der Waals surface area contributed by atoms with Gasteiger partial charge in [0, 0.05) is 18.6 Å². The summed E-state index contributed by atoms with van der Waals surface area (Å²) in [5.74, 6) is 1.62. The maximum absolute atomic E-state index is 6.02. The number of rotatable bonds is 18. The van der Waals surface area contributed by atoms with E-state index in [4.69, 9.17) is 9.47 Å². The van der Waals surface area contributed by atoms with Crippen LogP contribution < -0.4 is 0 Å². The number of hydrogen-bond donors (Lipinski definition) is 0. The summed E-state index contributed by atoms with van der Waals surface area (Å²) in [7, 11) is 0. The van der Waals surface area contributed by atoms with Gasteiger partial charge in [0.1, 0.15) is 0 Å². The Morgan fingerprint density at radius 1 is 0.640 bits per heavy atom. The second kappa shape index (κ2) is 16.1. The van der Waals surface area contributed by atoms with Crippen molar-refractivity contribution in [3.8, 4) is 0 Å². The highest BCUT2D eigenvalue weighted by Crippen LogP contribution is 2.39. The fourth-order valence-corrected chi connectivity index (χ4v) is 4.11. The third-order valence-corrected chi connectivity index (χ3v) is 5.75. The molecule has 0 rings (SSSR count). The Hall–Kier alpha value is -0.0800. The Morgan fingerprint density at radius 3 is 1.32 bits per heavy atom. The molecule has 2 heteroatoms. The van der Waals surface area contributed by atoms with Gasteiger partial charge >= 0.3 is 0 Å². The molecule has 0 saturated carbocycles. The van der Waals surface area contributed by atoms with Crippen LogP contribution in [0.25, 0.3) is 0 Å². The average Bonchev–Trinajstić information content (AvgIpc) is 2.64. The Kier molecular flexibility index (Phi) is 16.1. The van der Waals surface area contributed by atoms with Crippen molar-refractivity contribution in [1.82, 2.24) is 0 Å². The van der Waals surface area contributed by atoms with Gasteiger partial charge in [-0.25, -0.2) is 0 Å². The minimum atomic E-state index is 0.203. The van der Waals surface area contributed by atoms with E-state index in [1.807, 2.05) is 0 Å². The van der Waals surface area contributed by atoms with Crippen LogP contribution in [-0.4, -0.2) is 26.4 Å². The average molecular weight is 357 g/mol. The summed E-state index contributed by atoms with van der Waals surface area (Å²) in [5.41, 5.74) is 0.203. The summed E-state index contributed by atoms with van der Waals surface area (Å²) in [5, 5.41) is 0. The second-order valence-electron chi connectivity index (χ2n) is 8.02. The van der Waals surface area contributed by atoms with Gasteiger partial charge in [0.25, 0.3) is 0 Å². The minimum Gasteiger partial charge on any atom is -0.381 e. The third kappa shape index (κ3) is 11.3. The zero-order chi connectivity index (χ0) is 19.0. The Balaban J connectivity index is 5.21. The van der Waals surface area contributed by atoms with E-state index in [2.05, 4.69) is 41.5 Å². The van der Waals surface area contributed by atoms with Crippen molar-refractivity contribution < 1.29 is 9.47 Å². The SMILES string of the molecule is CCCCC(CC)CC(COCC)(COCC)CC(CC)CCCC. The van der Waals surface area contributed by atoms with Gasteiger partial charge in [-0.15, -0.1) is 0 Å². The Morgan fingerprint density at radius 2 is 1.04 bits per heavy atom. The first-order valence-corrected chi connectivity index (χ1v) is 11.3. The second-order valence-corrected chi connectivity index (χ2v) is 8.02. The van der Waals surface area contributed by atoms with Gasteiger partial charge < -0.3 is 9.47 Å². The zero-order valence-electron chi connectivity index (χ0n) is 18.4. The molecule has 0 radical (unpaired) electrons. The van der Waals surface area contributed by atoms with Crippen LogP contribution in [0.15, 0.2) is 0 Å². The van der Waals surface area contributed by atoms with Crippen LogP contribution in [0.2, 0.25) is 0 Å². The van der Waals surface area contributed by atoms with Gasteiger partial charge in [-0.05, 0) is 38.5 Å². The molecule has 0 aliphatic heterocycles. The van der Waals surface area contributed by atoms with E-state index in [0.29, 0.717) is 0 Å². The zero-order valence-corrected chi connectivity index (χ0v) is 18.4. The number of unbranched alkanes of at least 4 members (excludes halogenated alkanes) is 2. The summed E-state index contributed by atoms with van der Waals surface area (Å²) in [6, 6.07) is 0. The Bertz CT molecular complexity index is 249. The van der Waals surface area contributed by atoms with Crippen molar-refractivity contribution in [2.45, 2.75) is 106 Å². The monoisotopic (exact) mass is 356 g/mol. The van der Waals surface area contributed by atoms with Gasteiger partial charge in [0.15, 0.2) is 0 Å². The summed E-state index contributed by atoms with van der Waals surface area (Å²) in [4.78, 5) is 0. The predicted octanol–water partition coefficient (Wildman–Crippen LogP) is 7.26. The molecule has 0 saturated heterocycles. The minimum absolute atomic E-state index is 0.203. The quantitative estimate of drug-likeness (QED) is 0.257. The summed E-state index contributed by atoms with van der Waals surface area (Å²) < 4.78 is 12.0. The molecule has 0 aromatic heterocycles. The molecule has 2 unspecified atom stereocenters. The molecule has 0 aromatic carbocycles. The van der Waals surface area contributed by atoms with Crippen LogP contribution in [0, 0.1) is 17.3 Å². The topological polar surface area (TPSA) is 18.5 Å². The summed E-state index contributed by atoms with van der Waals surface area (Å²) in [6.45, 7) is 16.9. The van der Waals surface area contributed by atoms with E-state index in [1.165, 1.54) is 64.2 Å². The largest absolute Gasteiger partial charge is 0.381 e. The van der Waals surface area contributed by atoms with Gasteiger partial charge in [0.2, 0.25) is 0 Å². The van der Waals surface area contributed by atoms with Crippen LogP contribution in [0.4, 0.5) is 0 Å². The molecule has 2 nitrogen and oxygen atoms in total. The lowest BCUT2D eigenvalue weighted by Crippen LogP contribution is -2.37. The van der Waals surface area contributed by atoms with E-state index < -0.39 is 0 Å². The molecule has 0 heterocycles. The normalized spacial score (nSPS) is 14.6. The standard InChI is InChI=1S/C23H48O2/c1-7-13-15-21(9-3)17-23(19-24-11-5,20-25-12-6)18-22(10-4)16-14-8-2/h21-22H,7-20H2,1-6H3. The first kappa shape index (κ1) is 24.9. The maximum Gasteiger partial charge on any atom is 0.0544 e. The molecule has 152 valence electrons. The summed E-state index contributed by atoms with van der Waals surface area (Å²) >= 11 is 0. The fourth-order valence-electron chi connectivity index (χ4n) is 4.11. The van der Waals surface area contributed by atoms with Crippen LogP contribution >= 0.6 is 0 Å². The van der Waals surface area contributed by atoms with Crippen molar-refractivity contribution in [2.75, 3.05) is 26.4 Å². The molecular formula is C23H48O2. The molecule has 0 amide bonds. The van der Waals surface area contributed by atoms with Gasteiger partial charge in [-0.1, -0.05) is 79.1 Å². The molecule has 25 heavy (non-hydrogen) atoms. The van der Waals surface area contributed by atoms with E-state index in [-0.39, 0.29) is 5.41 Å². The van der Waals surface area contributed by atoms with Crippen LogP contribution in [0.5, 0.6) is 0 Å². The van der Waals surface area contributed by atoms with Crippen molar-refractivity contribution in [1.29, 1.82) is 0 Å². The highest BCUT2D eigenvalue weighted by Gasteiger charge is 2.35. The van der Waals surface area contributed by atoms with E-state index >= 15 is 0 Å². The maximum atomic E-state index is 6.02. The highest BCUT2D eigenvalue weighted by atomic mass is 16.5. The molecule has 0 bridgehead atoms. The Labute approximate surface area is 159 Å². The van der Waals surface area contributed by atoms with Crippen LogP contribution in [-0.2, 0) is 9.47 Å². The molecule has 0 aliphatic carbocycles. The van der Waals surface area contributed by atoms with Crippen LogP contribution in [0.3, 0.4) is 0 Å². The number of ether oxygens (including phenoxy) is 2. The van der Waals surface area contributed by atoms with Gasteiger partial charge in [-0.2, -0.15) is 0 Å². The van der Waals surface area contributed by atoms with Crippen LogP contribution in [0.1, 0.15) is 106 Å². The third-order valence-electron chi connectivity index (χ3n) is 5.75. The highest BCUT2D eigenvalue weighted by molar-refractivity contribution is 4.85. The molecule has 0 aliphatic rings. The van der Waals surface area contributed by atoms with Crippen molar-refractivity contribution in [2.24, 2.45) is 17.3 Å². The molecule has 0 N–H and O–H groups in total. The van der Waals surface area contributed by atoms with Crippen molar-refractivity contribution in [3.05, 3.63) is 0 Å². The van der Waals surface area contributed by atoms with Gasteiger partial charge in [0.05, 0.1) is 13.2 Å². The molecule has 0 spiro atoms. The van der Waals surface area contributed by atoms with Crippen molar-refractivity contribution in [3.63, 3.8) is 0 Å². The fraction of sp³-hybridized carbons (Fsp3) is 1.00. The lowest BCUT2D eigenvalue weighted by molar-refractivity contribution is -0.0455. The lowest BCUT2D eigenvalue weighted by Gasteiger charge is -2.39. The first-order chi connectivity index (χ1) is 12.1. The molecule has 2 atom stereocenters. The van der Waals surface area contributed by atoms with E-state index in [9.17, 15) is 0 Å².